The van der Waals surface area contributed by atoms with E-state index in [4.69, 9.17) is 9.47 Å². The van der Waals surface area contributed by atoms with E-state index in [0.29, 0.717) is 11.3 Å². The first kappa shape index (κ1) is 8.81. The van der Waals surface area contributed by atoms with E-state index in [-0.39, 0.29) is 5.97 Å². The smallest absolute Gasteiger partial charge is 0.345 e. The van der Waals surface area contributed by atoms with Gasteiger partial charge >= 0.3 is 5.97 Å². The van der Waals surface area contributed by atoms with Crippen LogP contribution in [0.5, 0.6) is 5.75 Å². The Hall–Kier alpha value is -1.77. The quantitative estimate of drug-likeness (QED) is 0.502. The molecule has 1 atom stereocenters. The number of carbonyl (C=O) groups is 1. The minimum Gasteiger partial charge on any atom is -0.448 e. The Kier molecular flexibility index (Phi) is 1.81. The number of rotatable bonds is 1. The van der Waals surface area contributed by atoms with Gasteiger partial charge in [0.15, 0.2) is 0 Å². The van der Waals surface area contributed by atoms with Gasteiger partial charge in [-0.2, -0.15) is 0 Å². The zero-order chi connectivity index (χ0) is 10.2. The first-order chi connectivity index (χ1) is 6.64. The third kappa shape index (κ3) is 1.27. The minimum absolute atomic E-state index is 0.380. The van der Waals surface area contributed by atoms with Crippen LogP contribution in [-0.4, -0.2) is 11.8 Å². The minimum atomic E-state index is -1.05. The molecule has 1 aliphatic heterocycles. The van der Waals surface area contributed by atoms with E-state index in [1.807, 2.05) is 0 Å². The molecule has 0 aromatic heterocycles. The molecule has 0 saturated carbocycles. The van der Waals surface area contributed by atoms with Crippen molar-refractivity contribution < 1.29 is 14.3 Å². The fourth-order valence-corrected chi connectivity index (χ4v) is 1.29. The van der Waals surface area contributed by atoms with E-state index in [9.17, 15) is 4.79 Å². The Labute approximate surface area is 81.9 Å². The summed E-state index contributed by atoms with van der Waals surface area (Å²) in [5.74, 6) is -0.897. The molecule has 0 aliphatic carbocycles. The molecule has 1 aliphatic rings. The predicted octanol–water partition coefficient (Wildman–Crippen LogP) is 2.14. The van der Waals surface area contributed by atoms with Gasteiger partial charge in [0, 0.05) is 6.92 Å². The second-order valence-electron chi connectivity index (χ2n) is 3.21. The number of para-hydroxylation sites is 1. The molecule has 0 bridgehead atoms. The third-order valence-corrected chi connectivity index (χ3v) is 2.09. The second-order valence-corrected chi connectivity index (χ2v) is 3.21. The van der Waals surface area contributed by atoms with Gasteiger partial charge in [0.05, 0.1) is 0 Å². The highest BCUT2D eigenvalue weighted by atomic mass is 16.7. The lowest BCUT2D eigenvalue weighted by atomic mass is 10.1. The summed E-state index contributed by atoms with van der Waals surface area (Å²) in [6.07, 6.45) is 1.46. The molecule has 3 nitrogen and oxygen atoms in total. The maximum Gasteiger partial charge on any atom is 0.345 e. The highest BCUT2D eigenvalue weighted by molar-refractivity contribution is 5.93. The number of cyclic esters (lactones) is 1. The number of esters is 1. The van der Waals surface area contributed by atoms with Gasteiger partial charge in [-0.15, -0.1) is 0 Å². The maximum absolute atomic E-state index is 11.5. The zero-order valence-corrected chi connectivity index (χ0v) is 7.82. The molecule has 1 aromatic rings. The normalized spacial score (nSPS) is 24.5. The number of hydrogen-bond donors (Lipinski definition) is 0. The number of benzene rings is 1. The van der Waals surface area contributed by atoms with Crippen LogP contribution in [0.2, 0.25) is 0 Å². The summed E-state index contributed by atoms with van der Waals surface area (Å²) in [5, 5.41) is 0. The average Bonchev–Trinajstić information content (AvgIpc) is 2.18. The fraction of sp³-hybridized carbons (Fsp3) is 0.182. The van der Waals surface area contributed by atoms with Crippen LogP contribution < -0.4 is 4.74 Å². The van der Waals surface area contributed by atoms with Crippen molar-refractivity contribution in [2.45, 2.75) is 12.7 Å². The summed E-state index contributed by atoms with van der Waals surface area (Å²) in [4.78, 5) is 11.5. The van der Waals surface area contributed by atoms with E-state index >= 15 is 0 Å². The largest absolute Gasteiger partial charge is 0.448 e. The van der Waals surface area contributed by atoms with Gasteiger partial charge in [0.25, 0.3) is 5.79 Å². The second kappa shape index (κ2) is 2.87. The van der Waals surface area contributed by atoms with Crippen molar-refractivity contribution in [1.29, 1.82) is 0 Å². The van der Waals surface area contributed by atoms with Gasteiger partial charge in [0.1, 0.15) is 11.3 Å². The molecule has 72 valence electrons. The van der Waals surface area contributed by atoms with E-state index in [2.05, 4.69) is 6.58 Å². The topological polar surface area (TPSA) is 35.5 Å². The SMILES string of the molecule is C=CC1(C)OC(=O)c2ccccc2O1. The summed E-state index contributed by atoms with van der Waals surface area (Å²) < 4.78 is 10.5. The molecule has 1 heterocycles. The van der Waals surface area contributed by atoms with E-state index in [0.717, 1.165) is 0 Å². The molecule has 0 radical (unpaired) electrons. The summed E-state index contributed by atoms with van der Waals surface area (Å²) in [5.41, 5.74) is 0.451. The summed E-state index contributed by atoms with van der Waals surface area (Å²) in [6.45, 7) is 5.21. The van der Waals surface area contributed by atoms with Crippen LogP contribution in [0.15, 0.2) is 36.9 Å². The summed E-state index contributed by atoms with van der Waals surface area (Å²) in [6, 6.07) is 6.97. The van der Waals surface area contributed by atoms with Crippen LogP contribution in [-0.2, 0) is 4.74 Å². The molecule has 0 fully saturated rings. The van der Waals surface area contributed by atoms with Gasteiger partial charge in [-0.25, -0.2) is 4.79 Å². The zero-order valence-electron chi connectivity index (χ0n) is 7.82. The van der Waals surface area contributed by atoms with Crippen LogP contribution in [0.1, 0.15) is 17.3 Å². The number of fused-ring (bicyclic) bond motifs is 1. The van der Waals surface area contributed by atoms with Gasteiger partial charge < -0.3 is 9.47 Å². The lowest BCUT2D eigenvalue weighted by molar-refractivity contribution is -0.105. The molecule has 2 rings (SSSR count). The third-order valence-electron chi connectivity index (χ3n) is 2.09. The molecule has 14 heavy (non-hydrogen) atoms. The molecule has 0 saturated heterocycles. The van der Waals surface area contributed by atoms with Gasteiger partial charge in [-0.05, 0) is 18.2 Å². The fourth-order valence-electron chi connectivity index (χ4n) is 1.29. The Balaban J connectivity index is 2.48. The maximum atomic E-state index is 11.5. The molecule has 0 amide bonds. The molecular formula is C11H10O3. The first-order valence-electron chi connectivity index (χ1n) is 4.29. The summed E-state index contributed by atoms with van der Waals surface area (Å²) in [7, 11) is 0. The molecule has 0 spiro atoms. The molecule has 1 unspecified atom stereocenters. The molecular weight excluding hydrogens is 180 g/mol. The van der Waals surface area contributed by atoms with Gasteiger partial charge in [0.2, 0.25) is 0 Å². The van der Waals surface area contributed by atoms with Crippen molar-refractivity contribution in [3.05, 3.63) is 42.5 Å². The lowest BCUT2D eigenvalue weighted by Crippen LogP contribution is -2.39. The van der Waals surface area contributed by atoms with E-state index in [1.54, 1.807) is 31.2 Å². The highest BCUT2D eigenvalue weighted by Crippen LogP contribution is 2.31. The summed E-state index contributed by atoms with van der Waals surface area (Å²) >= 11 is 0. The van der Waals surface area contributed by atoms with Crippen LogP contribution >= 0.6 is 0 Å². The van der Waals surface area contributed by atoms with Crippen molar-refractivity contribution in [1.82, 2.24) is 0 Å². The Bertz CT molecular complexity index is 397. The van der Waals surface area contributed by atoms with Crippen molar-refractivity contribution in [2.24, 2.45) is 0 Å². The number of carbonyl (C=O) groups excluding carboxylic acids is 1. The molecule has 1 aromatic carbocycles. The van der Waals surface area contributed by atoms with E-state index < -0.39 is 5.79 Å². The highest BCUT2D eigenvalue weighted by Gasteiger charge is 2.34. The van der Waals surface area contributed by atoms with Crippen molar-refractivity contribution in [3.8, 4) is 5.75 Å². The van der Waals surface area contributed by atoms with Crippen LogP contribution in [0.3, 0.4) is 0 Å². The Morgan fingerprint density at radius 3 is 2.79 bits per heavy atom. The van der Waals surface area contributed by atoms with E-state index in [1.165, 1.54) is 6.08 Å². The lowest BCUT2D eigenvalue weighted by Gasteiger charge is -2.31. The van der Waals surface area contributed by atoms with Crippen LogP contribution in [0.4, 0.5) is 0 Å². The number of hydrogen-bond acceptors (Lipinski definition) is 3. The van der Waals surface area contributed by atoms with Crippen molar-refractivity contribution >= 4 is 5.97 Å². The van der Waals surface area contributed by atoms with Gasteiger partial charge in [-0.1, -0.05) is 18.7 Å². The van der Waals surface area contributed by atoms with Crippen LogP contribution in [0, 0.1) is 0 Å². The van der Waals surface area contributed by atoms with Crippen molar-refractivity contribution in [2.75, 3.05) is 0 Å². The van der Waals surface area contributed by atoms with Crippen molar-refractivity contribution in [3.63, 3.8) is 0 Å². The first-order valence-corrected chi connectivity index (χ1v) is 4.29. The average molecular weight is 190 g/mol. The van der Waals surface area contributed by atoms with Crippen LogP contribution in [0.25, 0.3) is 0 Å². The predicted molar refractivity (Wildman–Crippen MR) is 51.1 cm³/mol. The molecule has 0 N–H and O–H groups in total. The van der Waals surface area contributed by atoms with Gasteiger partial charge in [-0.3, -0.25) is 0 Å². The number of ether oxygens (including phenoxy) is 2. The standard InChI is InChI=1S/C11H10O3/c1-3-11(2)13-9-7-5-4-6-8(9)10(12)14-11/h3-7H,1H2,2H3. The molecule has 3 heteroatoms. The monoisotopic (exact) mass is 190 g/mol. The Morgan fingerprint density at radius 1 is 1.36 bits per heavy atom. The Morgan fingerprint density at radius 2 is 2.07 bits per heavy atom.